The lowest BCUT2D eigenvalue weighted by Crippen LogP contribution is -2.31. The Kier molecular flexibility index (Phi) is 5.40. The van der Waals surface area contributed by atoms with Gasteiger partial charge in [-0.25, -0.2) is 9.37 Å². The Hall–Kier alpha value is -2.32. The van der Waals surface area contributed by atoms with Crippen LogP contribution in [0, 0.1) is 5.82 Å². The average Bonchev–Trinajstić information content (AvgIpc) is 3.25. The zero-order valence-electron chi connectivity index (χ0n) is 13.6. The van der Waals surface area contributed by atoms with Crippen LogP contribution in [-0.4, -0.2) is 36.6 Å². The number of anilines is 1. The molecule has 1 aliphatic heterocycles. The van der Waals surface area contributed by atoms with E-state index in [1.807, 2.05) is 5.38 Å². The minimum Gasteiger partial charge on any atom is -0.468 e. The molecule has 1 aromatic heterocycles. The molecule has 2 N–H and O–H groups in total. The number of aromatic nitrogens is 1. The molecule has 0 radical (unpaired) electrons. The molecule has 2 atom stereocenters. The Morgan fingerprint density at radius 2 is 2.16 bits per heavy atom. The second-order valence-electron chi connectivity index (χ2n) is 5.85. The maximum atomic E-state index is 12.9. The molecule has 1 aromatic carbocycles. The normalized spacial score (nSPS) is 19.6. The molecule has 2 unspecified atom stereocenters. The summed E-state index contributed by atoms with van der Waals surface area (Å²) in [6, 6.07) is 5.51. The Bertz CT molecular complexity index is 763. The van der Waals surface area contributed by atoms with Crippen molar-refractivity contribution in [1.82, 2.24) is 10.3 Å². The summed E-state index contributed by atoms with van der Waals surface area (Å²) in [4.78, 5) is 28.1. The van der Waals surface area contributed by atoms with Crippen molar-refractivity contribution in [3.63, 3.8) is 0 Å². The molecule has 0 spiro atoms. The molecule has 8 heteroatoms. The van der Waals surface area contributed by atoms with Crippen LogP contribution in [0.2, 0.25) is 0 Å². The lowest BCUT2D eigenvalue weighted by molar-refractivity contribution is -0.142. The van der Waals surface area contributed by atoms with Crippen LogP contribution in [0.5, 0.6) is 0 Å². The SMILES string of the molecule is COC(=O)C1CC(c2csc(NC(=O)Cc3ccc(F)cc3)n2)CN1. The minimum atomic E-state index is -0.329. The molecule has 0 bridgehead atoms. The van der Waals surface area contributed by atoms with Gasteiger partial charge in [0, 0.05) is 17.8 Å². The Labute approximate surface area is 148 Å². The maximum Gasteiger partial charge on any atom is 0.322 e. The molecule has 1 aliphatic rings. The summed E-state index contributed by atoms with van der Waals surface area (Å²) >= 11 is 1.35. The molecular formula is C17H18FN3O3S. The summed E-state index contributed by atoms with van der Waals surface area (Å²) in [6.07, 6.45) is 0.782. The third kappa shape index (κ3) is 4.40. The van der Waals surface area contributed by atoms with Crippen molar-refractivity contribution in [1.29, 1.82) is 0 Å². The van der Waals surface area contributed by atoms with E-state index < -0.39 is 0 Å². The molecule has 3 rings (SSSR count). The number of hydrogen-bond donors (Lipinski definition) is 2. The number of ether oxygens (including phenoxy) is 1. The van der Waals surface area contributed by atoms with Gasteiger partial charge in [0.2, 0.25) is 5.91 Å². The lowest BCUT2D eigenvalue weighted by atomic mass is 10.0. The number of nitrogens with one attached hydrogen (secondary N) is 2. The molecule has 1 amide bonds. The van der Waals surface area contributed by atoms with E-state index in [4.69, 9.17) is 4.74 Å². The molecule has 6 nitrogen and oxygen atoms in total. The van der Waals surface area contributed by atoms with Crippen molar-refractivity contribution in [3.8, 4) is 0 Å². The summed E-state index contributed by atoms with van der Waals surface area (Å²) < 4.78 is 17.6. The van der Waals surface area contributed by atoms with Gasteiger partial charge in [0.25, 0.3) is 0 Å². The molecule has 25 heavy (non-hydrogen) atoms. The fourth-order valence-corrected chi connectivity index (χ4v) is 3.57. The number of nitrogens with zero attached hydrogens (tertiary/aromatic N) is 1. The van der Waals surface area contributed by atoms with Crippen LogP contribution in [0.3, 0.4) is 0 Å². The number of benzene rings is 1. The van der Waals surface area contributed by atoms with E-state index in [1.165, 1.54) is 30.6 Å². The number of thiazole rings is 1. The van der Waals surface area contributed by atoms with E-state index in [-0.39, 0.29) is 36.1 Å². The van der Waals surface area contributed by atoms with Gasteiger partial charge >= 0.3 is 5.97 Å². The van der Waals surface area contributed by atoms with Gasteiger partial charge in [-0.05, 0) is 24.1 Å². The van der Waals surface area contributed by atoms with Crippen LogP contribution in [0.1, 0.15) is 23.6 Å². The highest BCUT2D eigenvalue weighted by molar-refractivity contribution is 7.13. The molecule has 1 fully saturated rings. The zero-order valence-corrected chi connectivity index (χ0v) is 14.4. The highest BCUT2D eigenvalue weighted by atomic mass is 32.1. The first-order valence-corrected chi connectivity index (χ1v) is 8.74. The number of esters is 1. The first-order valence-electron chi connectivity index (χ1n) is 7.86. The zero-order chi connectivity index (χ0) is 17.8. The van der Waals surface area contributed by atoms with Gasteiger partial charge in [0.15, 0.2) is 5.13 Å². The Balaban J connectivity index is 1.56. The molecule has 132 valence electrons. The monoisotopic (exact) mass is 363 g/mol. The largest absolute Gasteiger partial charge is 0.468 e. The van der Waals surface area contributed by atoms with Crippen molar-refractivity contribution in [2.45, 2.75) is 24.8 Å². The number of amides is 1. The van der Waals surface area contributed by atoms with E-state index in [0.29, 0.717) is 18.1 Å². The third-order valence-electron chi connectivity index (χ3n) is 4.08. The second kappa shape index (κ2) is 7.71. The molecule has 2 aromatic rings. The van der Waals surface area contributed by atoms with Gasteiger partial charge in [-0.1, -0.05) is 12.1 Å². The fourth-order valence-electron chi connectivity index (χ4n) is 2.77. The third-order valence-corrected chi connectivity index (χ3v) is 4.86. The molecular weight excluding hydrogens is 345 g/mol. The van der Waals surface area contributed by atoms with Crippen molar-refractivity contribution in [3.05, 3.63) is 46.7 Å². The first kappa shape index (κ1) is 17.5. The summed E-state index contributed by atoms with van der Waals surface area (Å²) in [5, 5.41) is 8.28. The van der Waals surface area contributed by atoms with E-state index in [1.54, 1.807) is 12.1 Å². The highest BCUT2D eigenvalue weighted by Gasteiger charge is 2.32. The molecule has 1 saturated heterocycles. The average molecular weight is 363 g/mol. The van der Waals surface area contributed by atoms with Crippen LogP contribution >= 0.6 is 11.3 Å². The van der Waals surface area contributed by atoms with E-state index in [0.717, 1.165) is 11.3 Å². The van der Waals surface area contributed by atoms with Crippen LogP contribution in [0.25, 0.3) is 0 Å². The van der Waals surface area contributed by atoms with E-state index >= 15 is 0 Å². The fraction of sp³-hybridized carbons (Fsp3) is 0.353. The second-order valence-corrected chi connectivity index (χ2v) is 6.70. The number of hydrogen-bond acceptors (Lipinski definition) is 6. The predicted molar refractivity (Wildman–Crippen MR) is 92.0 cm³/mol. The van der Waals surface area contributed by atoms with Gasteiger partial charge in [-0.2, -0.15) is 0 Å². The lowest BCUT2D eigenvalue weighted by Gasteiger charge is -2.06. The van der Waals surface area contributed by atoms with Gasteiger partial charge in [-0.15, -0.1) is 11.3 Å². The van der Waals surface area contributed by atoms with E-state index in [9.17, 15) is 14.0 Å². The number of carbonyl (C=O) groups is 2. The van der Waals surface area contributed by atoms with Crippen LogP contribution in [0.4, 0.5) is 9.52 Å². The van der Waals surface area contributed by atoms with Crippen molar-refractivity contribution in [2.24, 2.45) is 0 Å². The van der Waals surface area contributed by atoms with Crippen molar-refractivity contribution < 1.29 is 18.7 Å². The summed E-state index contributed by atoms with van der Waals surface area (Å²) in [6.45, 7) is 0.645. The molecule has 0 aliphatic carbocycles. The highest BCUT2D eigenvalue weighted by Crippen LogP contribution is 2.29. The van der Waals surface area contributed by atoms with Gasteiger partial charge in [0.05, 0.1) is 19.2 Å². The topological polar surface area (TPSA) is 80.3 Å². The number of rotatable bonds is 5. The number of methoxy groups -OCH3 is 1. The van der Waals surface area contributed by atoms with Gasteiger partial charge in [-0.3, -0.25) is 9.59 Å². The number of carbonyl (C=O) groups excluding carboxylic acids is 2. The summed E-state index contributed by atoms with van der Waals surface area (Å²) in [7, 11) is 1.37. The smallest absolute Gasteiger partial charge is 0.322 e. The van der Waals surface area contributed by atoms with Crippen molar-refractivity contribution >= 4 is 28.3 Å². The van der Waals surface area contributed by atoms with Crippen LogP contribution < -0.4 is 10.6 Å². The summed E-state index contributed by atoms with van der Waals surface area (Å²) in [5.41, 5.74) is 1.58. The van der Waals surface area contributed by atoms with Crippen molar-refractivity contribution in [2.75, 3.05) is 19.0 Å². The minimum absolute atomic E-state index is 0.114. The quantitative estimate of drug-likeness (QED) is 0.795. The van der Waals surface area contributed by atoms with Crippen LogP contribution in [0.15, 0.2) is 29.6 Å². The maximum absolute atomic E-state index is 12.9. The Morgan fingerprint density at radius 1 is 1.40 bits per heavy atom. The molecule has 2 heterocycles. The molecule has 0 saturated carbocycles. The standard InChI is InChI=1S/C17H18FN3O3S/c1-24-16(23)13-7-11(8-19-13)14-9-25-17(20-14)21-15(22)6-10-2-4-12(18)5-3-10/h2-5,9,11,13,19H,6-8H2,1H3,(H,20,21,22). The summed E-state index contributed by atoms with van der Waals surface area (Å²) in [5.74, 6) is -0.692. The van der Waals surface area contributed by atoms with E-state index in [2.05, 4.69) is 15.6 Å². The Morgan fingerprint density at radius 3 is 2.88 bits per heavy atom. The number of halogens is 1. The van der Waals surface area contributed by atoms with Gasteiger partial charge < -0.3 is 15.4 Å². The van der Waals surface area contributed by atoms with Crippen LogP contribution in [-0.2, 0) is 20.7 Å². The predicted octanol–water partition coefficient (Wildman–Crippen LogP) is 2.08. The van der Waals surface area contributed by atoms with Gasteiger partial charge in [0.1, 0.15) is 11.9 Å². The first-order chi connectivity index (χ1) is 12.0.